The van der Waals surface area contributed by atoms with Gasteiger partial charge in [0.2, 0.25) is 5.91 Å². The molecule has 0 aromatic carbocycles. The standard InChI is InChI=1S/C16H31N3O2/c1-13(2)18(3)12-14-4-7-19(8-5-14)16(20)10-15-11-17-6-9-21-15/h13-15,17H,4-12H2,1-3H3. The van der Waals surface area contributed by atoms with Gasteiger partial charge in [0.15, 0.2) is 0 Å². The van der Waals surface area contributed by atoms with Crippen LogP contribution in [0.3, 0.4) is 0 Å². The summed E-state index contributed by atoms with van der Waals surface area (Å²) in [7, 11) is 2.19. The van der Waals surface area contributed by atoms with E-state index in [9.17, 15) is 4.79 Å². The Kier molecular flexibility index (Phi) is 6.45. The Morgan fingerprint density at radius 3 is 2.67 bits per heavy atom. The van der Waals surface area contributed by atoms with E-state index in [0.29, 0.717) is 12.5 Å². The summed E-state index contributed by atoms with van der Waals surface area (Å²) in [6, 6.07) is 0.598. The second-order valence-corrected chi connectivity index (χ2v) is 6.76. The molecule has 0 aromatic heterocycles. The van der Waals surface area contributed by atoms with Crippen molar-refractivity contribution in [3.05, 3.63) is 0 Å². The van der Waals surface area contributed by atoms with Crippen LogP contribution < -0.4 is 5.32 Å². The molecule has 2 aliphatic rings. The summed E-state index contributed by atoms with van der Waals surface area (Å²) >= 11 is 0. The average Bonchev–Trinajstić information content (AvgIpc) is 2.48. The Balaban J connectivity index is 1.69. The number of nitrogens with one attached hydrogen (secondary N) is 1. The highest BCUT2D eigenvalue weighted by Crippen LogP contribution is 2.20. The predicted molar refractivity (Wildman–Crippen MR) is 84.3 cm³/mol. The molecule has 0 saturated carbocycles. The highest BCUT2D eigenvalue weighted by atomic mass is 16.5. The molecule has 0 aliphatic carbocycles. The van der Waals surface area contributed by atoms with Gasteiger partial charge in [0.25, 0.3) is 0 Å². The van der Waals surface area contributed by atoms with Gasteiger partial charge in [-0.3, -0.25) is 4.79 Å². The molecule has 1 amide bonds. The van der Waals surface area contributed by atoms with Crippen LogP contribution in [0.15, 0.2) is 0 Å². The van der Waals surface area contributed by atoms with Crippen LogP contribution in [-0.4, -0.2) is 74.2 Å². The maximum atomic E-state index is 12.3. The maximum absolute atomic E-state index is 12.3. The van der Waals surface area contributed by atoms with Crippen LogP contribution in [0.2, 0.25) is 0 Å². The molecular weight excluding hydrogens is 266 g/mol. The zero-order valence-electron chi connectivity index (χ0n) is 13.8. The third-order valence-electron chi connectivity index (χ3n) is 4.80. The van der Waals surface area contributed by atoms with E-state index in [0.717, 1.165) is 58.1 Å². The minimum absolute atomic E-state index is 0.0658. The molecule has 0 aromatic rings. The predicted octanol–water partition coefficient (Wildman–Crippen LogP) is 0.944. The molecule has 5 nitrogen and oxygen atoms in total. The van der Waals surface area contributed by atoms with Crippen molar-refractivity contribution in [3.8, 4) is 0 Å². The Hall–Kier alpha value is -0.650. The molecule has 1 atom stereocenters. The monoisotopic (exact) mass is 297 g/mol. The molecule has 2 aliphatic heterocycles. The van der Waals surface area contributed by atoms with Crippen LogP contribution in [0.25, 0.3) is 0 Å². The third-order valence-corrected chi connectivity index (χ3v) is 4.80. The fraction of sp³-hybridized carbons (Fsp3) is 0.938. The van der Waals surface area contributed by atoms with E-state index in [4.69, 9.17) is 4.74 Å². The Labute approximate surface area is 129 Å². The zero-order valence-corrected chi connectivity index (χ0v) is 13.8. The molecule has 1 unspecified atom stereocenters. The van der Waals surface area contributed by atoms with Crippen molar-refractivity contribution in [3.63, 3.8) is 0 Å². The van der Waals surface area contributed by atoms with Gasteiger partial charge in [0.1, 0.15) is 0 Å². The van der Waals surface area contributed by atoms with Crippen molar-refractivity contribution in [1.82, 2.24) is 15.1 Å². The lowest BCUT2D eigenvalue weighted by atomic mass is 9.95. The Morgan fingerprint density at radius 2 is 2.10 bits per heavy atom. The van der Waals surface area contributed by atoms with Crippen molar-refractivity contribution in [2.75, 3.05) is 46.4 Å². The first-order chi connectivity index (χ1) is 10.1. The Bertz CT molecular complexity index is 321. The van der Waals surface area contributed by atoms with Gasteiger partial charge in [-0.05, 0) is 39.7 Å². The van der Waals surface area contributed by atoms with E-state index < -0.39 is 0 Å². The molecule has 2 heterocycles. The Morgan fingerprint density at radius 1 is 1.38 bits per heavy atom. The molecule has 2 fully saturated rings. The quantitative estimate of drug-likeness (QED) is 0.820. The van der Waals surface area contributed by atoms with Crippen LogP contribution in [-0.2, 0) is 9.53 Å². The van der Waals surface area contributed by atoms with Crippen molar-refractivity contribution in [2.45, 2.75) is 45.3 Å². The van der Waals surface area contributed by atoms with Gasteiger partial charge in [-0.2, -0.15) is 0 Å². The molecular formula is C16H31N3O2. The molecule has 0 bridgehead atoms. The molecule has 2 rings (SSSR count). The van der Waals surface area contributed by atoms with Gasteiger partial charge in [-0.1, -0.05) is 0 Å². The highest BCUT2D eigenvalue weighted by molar-refractivity contribution is 5.76. The summed E-state index contributed by atoms with van der Waals surface area (Å²) in [6.07, 6.45) is 2.86. The number of piperidine rings is 1. The normalized spacial score (nSPS) is 24.8. The second kappa shape index (κ2) is 8.11. The van der Waals surface area contributed by atoms with Gasteiger partial charge in [-0.15, -0.1) is 0 Å². The van der Waals surface area contributed by atoms with Crippen molar-refractivity contribution in [2.24, 2.45) is 5.92 Å². The molecule has 5 heteroatoms. The lowest BCUT2D eigenvalue weighted by molar-refractivity contribution is -0.136. The number of likely N-dealkylation sites (tertiary alicyclic amines) is 1. The van der Waals surface area contributed by atoms with E-state index in [1.807, 2.05) is 4.90 Å². The van der Waals surface area contributed by atoms with Crippen molar-refractivity contribution in [1.29, 1.82) is 0 Å². The molecule has 1 N–H and O–H groups in total. The second-order valence-electron chi connectivity index (χ2n) is 6.76. The van der Waals surface area contributed by atoms with Gasteiger partial charge in [0.05, 0.1) is 19.1 Å². The molecule has 0 spiro atoms. The lowest BCUT2D eigenvalue weighted by Crippen LogP contribution is -2.45. The summed E-state index contributed by atoms with van der Waals surface area (Å²) < 4.78 is 5.62. The number of carbonyl (C=O) groups is 1. The summed E-state index contributed by atoms with van der Waals surface area (Å²) in [5, 5.41) is 3.28. The lowest BCUT2D eigenvalue weighted by Gasteiger charge is -2.35. The smallest absolute Gasteiger partial charge is 0.225 e. The van der Waals surface area contributed by atoms with E-state index in [1.54, 1.807) is 0 Å². The maximum Gasteiger partial charge on any atom is 0.225 e. The number of hydrogen-bond donors (Lipinski definition) is 1. The summed E-state index contributed by atoms with van der Waals surface area (Å²) in [5.74, 6) is 0.994. The van der Waals surface area contributed by atoms with Crippen LogP contribution in [0, 0.1) is 5.92 Å². The molecule has 21 heavy (non-hydrogen) atoms. The van der Waals surface area contributed by atoms with E-state index >= 15 is 0 Å². The number of morpholine rings is 1. The van der Waals surface area contributed by atoms with E-state index in [2.05, 4.69) is 31.1 Å². The van der Waals surface area contributed by atoms with Gasteiger partial charge in [0, 0.05) is 38.8 Å². The van der Waals surface area contributed by atoms with Gasteiger partial charge >= 0.3 is 0 Å². The third kappa shape index (κ3) is 5.24. The summed E-state index contributed by atoms with van der Waals surface area (Å²) in [5.41, 5.74) is 0. The number of ether oxygens (including phenoxy) is 1. The highest BCUT2D eigenvalue weighted by Gasteiger charge is 2.26. The van der Waals surface area contributed by atoms with E-state index in [1.165, 1.54) is 0 Å². The first kappa shape index (κ1) is 16.7. The number of amides is 1. The number of hydrogen-bond acceptors (Lipinski definition) is 4. The van der Waals surface area contributed by atoms with Gasteiger partial charge in [-0.25, -0.2) is 0 Å². The van der Waals surface area contributed by atoms with Crippen LogP contribution >= 0.6 is 0 Å². The number of carbonyl (C=O) groups excluding carboxylic acids is 1. The first-order valence-corrected chi connectivity index (χ1v) is 8.36. The first-order valence-electron chi connectivity index (χ1n) is 8.36. The fourth-order valence-electron chi connectivity index (χ4n) is 3.06. The van der Waals surface area contributed by atoms with Crippen molar-refractivity contribution >= 4 is 5.91 Å². The van der Waals surface area contributed by atoms with E-state index in [-0.39, 0.29) is 12.0 Å². The summed E-state index contributed by atoms with van der Waals surface area (Å²) in [6.45, 7) is 9.87. The molecule has 2 saturated heterocycles. The largest absolute Gasteiger partial charge is 0.375 e. The van der Waals surface area contributed by atoms with Crippen LogP contribution in [0.5, 0.6) is 0 Å². The number of nitrogens with zero attached hydrogens (tertiary/aromatic N) is 2. The summed E-state index contributed by atoms with van der Waals surface area (Å²) in [4.78, 5) is 16.7. The topological polar surface area (TPSA) is 44.8 Å². The van der Waals surface area contributed by atoms with Crippen molar-refractivity contribution < 1.29 is 9.53 Å². The SMILES string of the molecule is CC(C)N(C)CC1CCN(C(=O)CC2CNCCO2)CC1. The zero-order chi connectivity index (χ0) is 15.2. The number of rotatable bonds is 5. The van der Waals surface area contributed by atoms with Crippen LogP contribution in [0.4, 0.5) is 0 Å². The average molecular weight is 297 g/mol. The fourth-order valence-corrected chi connectivity index (χ4v) is 3.06. The molecule has 122 valence electrons. The molecule has 0 radical (unpaired) electrons. The minimum Gasteiger partial charge on any atom is -0.375 e. The van der Waals surface area contributed by atoms with Gasteiger partial charge < -0.3 is 19.9 Å². The van der Waals surface area contributed by atoms with Crippen LogP contribution in [0.1, 0.15) is 33.1 Å². The minimum atomic E-state index is 0.0658.